The molecule has 0 amide bonds. The van der Waals surface area contributed by atoms with Gasteiger partial charge in [-0.1, -0.05) is 45.0 Å². The summed E-state index contributed by atoms with van der Waals surface area (Å²) < 4.78 is 8.38. The van der Waals surface area contributed by atoms with Gasteiger partial charge in [0.15, 0.2) is 0 Å². The van der Waals surface area contributed by atoms with Gasteiger partial charge in [-0.2, -0.15) is 8.75 Å². The Morgan fingerprint density at radius 3 is 2.37 bits per heavy atom. The Labute approximate surface area is 119 Å². The van der Waals surface area contributed by atoms with Gasteiger partial charge in [0, 0.05) is 0 Å². The van der Waals surface area contributed by atoms with Crippen LogP contribution >= 0.6 is 11.7 Å². The fourth-order valence-corrected chi connectivity index (χ4v) is 2.53. The maximum absolute atomic E-state index is 4.31. The topological polar surface area (TPSA) is 37.8 Å². The minimum absolute atomic E-state index is 0.208. The van der Waals surface area contributed by atoms with E-state index in [1.54, 1.807) is 0 Å². The Balaban J connectivity index is 2.11. The fourth-order valence-electron chi connectivity index (χ4n) is 2.06. The van der Waals surface area contributed by atoms with Crippen molar-refractivity contribution in [2.45, 2.75) is 38.6 Å². The van der Waals surface area contributed by atoms with Crippen LogP contribution in [0.2, 0.25) is 0 Å². The molecule has 0 aliphatic rings. The molecule has 2 aromatic rings. The largest absolute Gasteiger partial charge is 0.311 e. The molecule has 19 heavy (non-hydrogen) atoms. The lowest BCUT2D eigenvalue weighted by Gasteiger charge is -2.20. The first-order valence-electron chi connectivity index (χ1n) is 6.55. The number of benzene rings is 1. The summed E-state index contributed by atoms with van der Waals surface area (Å²) in [5.41, 5.74) is 3.92. The van der Waals surface area contributed by atoms with E-state index in [0.717, 1.165) is 12.1 Å². The Kier molecular flexibility index (Phi) is 4.32. The minimum atomic E-state index is 0.208. The van der Waals surface area contributed by atoms with E-state index in [1.807, 2.05) is 13.2 Å². The summed E-state index contributed by atoms with van der Waals surface area (Å²) in [6.45, 7) is 6.71. The van der Waals surface area contributed by atoms with Crippen molar-refractivity contribution in [3.05, 3.63) is 47.3 Å². The van der Waals surface area contributed by atoms with E-state index in [0.29, 0.717) is 0 Å². The van der Waals surface area contributed by atoms with Gasteiger partial charge in [0.05, 0.1) is 29.7 Å². The maximum Gasteiger partial charge on any atom is 0.0915 e. The van der Waals surface area contributed by atoms with Crippen molar-refractivity contribution < 1.29 is 0 Å². The smallest absolute Gasteiger partial charge is 0.0915 e. The maximum atomic E-state index is 4.31. The van der Waals surface area contributed by atoms with Crippen LogP contribution < -0.4 is 5.32 Å². The number of likely N-dealkylation sites (N-methyl/N-ethyl adjacent to an activating group) is 1. The molecule has 0 aliphatic carbocycles. The Bertz CT molecular complexity index is 497. The number of hydrogen-bond acceptors (Lipinski definition) is 4. The predicted molar refractivity (Wildman–Crippen MR) is 80.6 cm³/mol. The van der Waals surface area contributed by atoms with Crippen molar-refractivity contribution in [3.8, 4) is 0 Å². The quantitative estimate of drug-likeness (QED) is 0.930. The lowest BCUT2D eigenvalue weighted by Crippen LogP contribution is -2.19. The van der Waals surface area contributed by atoms with E-state index in [2.05, 4.69) is 59.1 Å². The normalized spacial score (nSPS) is 13.5. The molecule has 2 rings (SSSR count). The van der Waals surface area contributed by atoms with Crippen molar-refractivity contribution in [1.82, 2.24) is 14.1 Å². The number of nitrogens with zero attached hydrogens (tertiary/aromatic N) is 2. The third-order valence-electron chi connectivity index (χ3n) is 3.34. The number of rotatable bonds is 4. The van der Waals surface area contributed by atoms with Gasteiger partial charge in [-0.15, -0.1) is 0 Å². The zero-order valence-corrected chi connectivity index (χ0v) is 12.8. The predicted octanol–water partition coefficient (Wildman–Crippen LogP) is 3.34. The molecule has 0 bridgehead atoms. The highest BCUT2D eigenvalue weighted by Gasteiger charge is 2.15. The molecule has 1 aromatic carbocycles. The number of aromatic nitrogens is 2. The van der Waals surface area contributed by atoms with Crippen molar-refractivity contribution in [3.63, 3.8) is 0 Å². The molecule has 1 N–H and O–H groups in total. The molecule has 1 aromatic heterocycles. The van der Waals surface area contributed by atoms with E-state index >= 15 is 0 Å². The molecule has 1 atom stereocenters. The summed E-state index contributed by atoms with van der Waals surface area (Å²) in [7, 11) is 1.97. The van der Waals surface area contributed by atoms with Gasteiger partial charge < -0.3 is 5.32 Å². The van der Waals surface area contributed by atoms with Crippen molar-refractivity contribution in [1.29, 1.82) is 0 Å². The van der Waals surface area contributed by atoms with Crippen LogP contribution in [0.1, 0.15) is 43.6 Å². The van der Waals surface area contributed by atoms with Gasteiger partial charge in [-0.05, 0) is 30.0 Å². The van der Waals surface area contributed by atoms with Gasteiger partial charge in [-0.25, -0.2) is 0 Å². The van der Waals surface area contributed by atoms with Crippen LogP contribution in [0.25, 0.3) is 0 Å². The first-order chi connectivity index (χ1) is 9.00. The van der Waals surface area contributed by atoms with E-state index < -0.39 is 0 Å². The van der Waals surface area contributed by atoms with Gasteiger partial charge >= 0.3 is 0 Å². The standard InChI is InChI=1S/C15H21N3S/c1-15(2,3)12-7-5-11(6-8-12)9-13(16-4)14-10-17-19-18-14/h5-8,10,13,16H,9H2,1-4H3. The molecule has 1 heterocycles. The number of hydrogen-bond donors (Lipinski definition) is 1. The molecule has 0 aliphatic heterocycles. The second-order valence-corrected chi connectivity index (χ2v) is 6.38. The summed E-state index contributed by atoms with van der Waals surface area (Å²) >= 11 is 1.26. The second kappa shape index (κ2) is 5.80. The highest BCUT2D eigenvalue weighted by molar-refractivity contribution is 6.99. The lowest BCUT2D eigenvalue weighted by atomic mass is 9.86. The SMILES string of the molecule is CNC(Cc1ccc(C(C)(C)C)cc1)c1cnsn1. The second-order valence-electron chi connectivity index (χ2n) is 5.82. The summed E-state index contributed by atoms with van der Waals surface area (Å²) in [4.78, 5) is 0. The average Bonchev–Trinajstić information content (AvgIpc) is 2.89. The first kappa shape index (κ1) is 14.2. The highest BCUT2D eigenvalue weighted by Crippen LogP contribution is 2.23. The van der Waals surface area contributed by atoms with Crippen molar-refractivity contribution >= 4 is 11.7 Å². The molecule has 0 spiro atoms. The van der Waals surface area contributed by atoms with Gasteiger partial charge in [0.1, 0.15) is 0 Å². The number of nitrogens with one attached hydrogen (secondary N) is 1. The van der Waals surface area contributed by atoms with E-state index in [9.17, 15) is 0 Å². The van der Waals surface area contributed by atoms with Crippen LogP contribution in [0.4, 0.5) is 0 Å². The molecule has 1 unspecified atom stereocenters. The molecule has 0 fully saturated rings. The lowest BCUT2D eigenvalue weighted by molar-refractivity contribution is 0.576. The Morgan fingerprint density at radius 1 is 1.21 bits per heavy atom. The Hall–Kier alpha value is -1.26. The van der Waals surface area contributed by atoms with Gasteiger partial charge in [-0.3, -0.25) is 0 Å². The monoisotopic (exact) mass is 275 g/mol. The summed E-state index contributed by atoms with van der Waals surface area (Å²) in [6, 6.07) is 9.11. The van der Waals surface area contributed by atoms with Gasteiger partial charge in [0.25, 0.3) is 0 Å². The van der Waals surface area contributed by atoms with Crippen LogP contribution in [0.15, 0.2) is 30.5 Å². The van der Waals surface area contributed by atoms with Crippen LogP contribution in [-0.2, 0) is 11.8 Å². The summed E-state index contributed by atoms with van der Waals surface area (Å²) in [5, 5.41) is 3.30. The molecule has 0 radical (unpaired) electrons. The van der Waals surface area contributed by atoms with Crippen LogP contribution in [0.5, 0.6) is 0 Å². The van der Waals surface area contributed by atoms with Crippen LogP contribution in [-0.4, -0.2) is 15.8 Å². The molecule has 4 heteroatoms. The molecule has 0 saturated carbocycles. The molecular formula is C15H21N3S. The first-order valence-corrected chi connectivity index (χ1v) is 7.28. The van der Waals surface area contributed by atoms with Crippen molar-refractivity contribution in [2.75, 3.05) is 7.05 Å². The van der Waals surface area contributed by atoms with Crippen LogP contribution in [0, 0.1) is 0 Å². The third kappa shape index (κ3) is 3.61. The van der Waals surface area contributed by atoms with E-state index in [1.165, 1.54) is 22.9 Å². The third-order valence-corrected chi connectivity index (χ3v) is 3.84. The summed E-state index contributed by atoms with van der Waals surface area (Å²) in [5.74, 6) is 0. The minimum Gasteiger partial charge on any atom is -0.311 e. The molecule has 3 nitrogen and oxygen atoms in total. The zero-order valence-electron chi connectivity index (χ0n) is 12.0. The van der Waals surface area contributed by atoms with Crippen LogP contribution in [0.3, 0.4) is 0 Å². The van der Waals surface area contributed by atoms with E-state index in [-0.39, 0.29) is 11.5 Å². The Morgan fingerprint density at radius 2 is 1.89 bits per heavy atom. The molecular weight excluding hydrogens is 254 g/mol. The molecule has 102 valence electrons. The average molecular weight is 275 g/mol. The fraction of sp³-hybridized carbons (Fsp3) is 0.467. The highest BCUT2D eigenvalue weighted by atomic mass is 32.1. The van der Waals surface area contributed by atoms with Gasteiger partial charge in [0.2, 0.25) is 0 Å². The summed E-state index contributed by atoms with van der Waals surface area (Å²) in [6.07, 6.45) is 2.78. The van der Waals surface area contributed by atoms with E-state index in [4.69, 9.17) is 0 Å². The molecule has 0 saturated heterocycles. The zero-order chi connectivity index (χ0) is 13.9. The van der Waals surface area contributed by atoms with Crippen molar-refractivity contribution in [2.24, 2.45) is 0 Å².